The van der Waals surface area contributed by atoms with Gasteiger partial charge in [0.2, 0.25) is 11.5 Å². The molecule has 0 spiro atoms. The van der Waals surface area contributed by atoms with Crippen LogP contribution >= 0.6 is 0 Å². The van der Waals surface area contributed by atoms with Crippen molar-refractivity contribution >= 4 is 16.9 Å². The summed E-state index contributed by atoms with van der Waals surface area (Å²) < 4.78 is 44.9. The van der Waals surface area contributed by atoms with E-state index in [4.69, 9.17) is 37.9 Å². The summed E-state index contributed by atoms with van der Waals surface area (Å²) in [5, 5.41) is 8.56. The molecule has 1 atom stereocenters. The molecule has 0 saturated carbocycles. The third-order valence-corrected chi connectivity index (χ3v) is 6.64. The maximum Gasteiger partial charge on any atom is 0.338 e. The third kappa shape index (κ3) is 6.23. The number of ether oxygens (including phenoxy) is 8. The average molecular weight is 575 g/mol. The molecule has 2 aromatic carbocycles. The summed E-state index contributed by atoms with van der Waals surface area (Å²) in [4.78, 5) is 29.0. The van der Waals surface area contributed by atoms with E-state index in [-0.39, 0.29) is 28.8 Å². The zero-order valence-electron chi connectivity index (χ0n) is 23.9. The lowest BCUT2D eigenvalue weighted by Crippen LogP contribution is -2.44. The molecule has 0 radical (unpaired) electrons. The summed E-state index contributed by atoms with van der Waals surface area (Å²) in [7, 11) is 8.73. The fourth-order valence-corrected chi connectivity index (χ4v) is 4.62. The molecule has 14 nitrogen and oxygen atoms in total. The van der Waals surface area contributed by atoms with Crippen molar-refractivity contribution in [1.29, 1.82) is 0 Å². The number of aromatic nitrogens is 3. The van der Waals surface area contributed by atoms with Crippen LogP contribution in [0.4, 0.5) is 0 Å². The van der Waals surface area contributed by atoms with Crippen molar-refractivity contribution in [1.82, 2.24) is 19.9 Å². The molecule has 222 valence electrons. The summed E-state index contributed by atoms with van der Waals surface area (Å²) in [5.74, 6) is 1.12. The van der Waals surface area contributed by atoms with Crippen LogP contribution < -0.4 is 34.0 Å². The molecular formula is C27H34N4O10. The fraction of sp³-hybridized carbons (Fsp3) is 0.481. The van der Waals surface area contributed by atoms with Crippen LogP contribution in [0.5, 0.6) is 34.5 Å². The molecule has 1 aliphatic rings. The van der Waals surface area contributed by atoms with Gasteiger partial charge in [-0.15, -0.1) is 5.10 Å². The first kappa shape index (κ1) is 29.7. The lowest BCUT2D eigenvalue weighted by Gasteiger charge is -2.30. The molecule has 14 heteroatoms. The average Bonchev–Trinajstić information content (AvgIpc) is 3.00. The number of morpholine rings is 1. The predicted octanol–water partition coefficient (Wildman–Crippen LogP) is 1.40. The Morgan fingerprint density at radius 2 is 1.41 bits per heavy atom. The Bertz CT molecular complexity index is 1410. The number of esters is 1. The molecule has 0 aliphatic carbocycles. The molecule has 0 bridgehead atoms. The highest BCUT2D eigenvalue weighted by molar-refractivity contribution is 5.91. The van der Waals surface area contributed by atoms with E-state index in [9.17, 15) is 9.59 Å². The van der Waals surface area contributed by atoms with Crippen molar-refractivity contribution in [3.8, 4) is 34.5 Å². The minimum absolute atomic E-state index is 0.0635. The number of hydrogen-bond acceptors (Lipinski definition) is 13. The highest BCUT2D eigenvalue weighted by atomic mass is 16.6. The van der Waals surface area contributed by atoms with E-state index in [1.54, 1.807) is 0 Å². The molecule has 1 aromatic heterocycles. The van der Waals surface area contributed by atoms with Crippen LogP contribution in [0.15, 0.2) is 23.0 Å². The Kier molecular flexibility index (Phi) is 9.68. The zero-order valence-corrected chi connectivity index (χ0v) is 23.9. The fourth-order valence-electron chi connectivity index (χ4n) is 4.62. The summed E-state index contributed by atoms with van der Waals surface area (Å²) in [6.45, 7) is 2.65. The number of fused-ring (bicyclic) bond motifs is 1. The largest absolute Gasteiger partial charge is 0.493 e. The van der Waals surface area contributed by atoms with Gasteiger partial charge in [0.1, 0.15) is 11.6 Å². The van der Waals surface area contributed by atoms with E-state index in [1.807, 2.05) is 0 Å². The van der Waals surface area contributed by atoms with Gasteiger partial charge in [-0.1, -0.05) is 5.21 Å². The third-order valence-electron chi connectivity index (χ3n) is 6.64. The van der Waals surface area contributed by atoms with Crippen LogP contribution in [0, 0.1) is 0 Å². The van der Waals surface area contributed by atoms with Gasteiger partial charge >= 0.3 is 5.97 Å². The van der Waals surface area contributed by atoms with Crippen molar-refractivity contribution in [3.05, 3.63) is 34.1 Å². The standard InChI is InChI=1S/C27H34N4O10/c1-34-19-11-16(12-20(35-2)23(19)37-4)27(33)41-17(14-30-7-9-40-10-8-30)15-31-26(32)18-13-21(36-3)24(38-5)25(39-6)22(18)28-29-31/h11-13,17H,7-10,14-15H2,1-6H3/t17-/m1/s1. The topological polar surface area (TPSA) is 142 Å². The number of hydrogen-bond donors (Lipinski definition) is 0. The molecule has 41 heavy (non-hydrogen) atoms. The van der Waals surface area contributed by atoms with Gasteiger partial charge in [-0.3, -0.25) is 9.69 Å². The number of carbonyl (C=O) groups is 1. The molecule has 1 fully saturated rings. The van der Waals surface area contributed by atoms with Crippen molar-refractivity contribution in [3.63, 3.8) is 0 Å². The number of methoxy groups -OCH3 is 6. The molecular weight excluding hydrogens is 540 g/mol. The molecule has 1 saturated heterocycles. The van der Waals surface area contributed by atoms with E-state index < -0.39 is 17.6 Å². The summed E-state index contributed by atoms with van der Waals surface area (Å²) in [6.07, 6.45) is -0.772. The molecule has 1 aliphatic heterocycles. The van der Waals surface area contributed by atoms with Crippen LogP contribution in [0.1, 0.15) is 10.4 Å². The van der Waals surface area contributed by atoms with Crippen LogP contribution in [0.25, 0.3) is 10.9 Å². The highest BCUT2D eigenvalue weighted by Crippen LogP contribution is 2.41. The monoisotopic (exact) mass is 574 g/mol. The Labute approximate surface area is 236 Å². The van der Waals surface area contributed by atoms with Crippen LogP contribution in [0.3, 0.4) is 0 Å². The first-order valence-electron chi connectivity index (χ1n) is 12.8. The van der Waals surface area contributed by atoms with E-state index >= 15 is 0 Å². The second-order valence-electron chi connectivity index (χ2n) is 8.97. The van der Waals surface area contributed by atoms with Gasteiger partial charge < -0.3 is 37.9 Å². The van der Waals surface area contributed by atoms with E-state index in [0.717, 1.165) is 4.68 Å². The van der Waals surface area contributed by atoms with Crippen molar-refractivity contribution in [2.24, 2.45) is 0 Å². The van der Waals surface area contributed by atoms with Gasteiger partial charge in [-0.2, -0.15) is 0 Å². The zero-order chi connectivity index (χ0) is 29.5. The Hall–Kier alpha value is -4.30. The number of benzene rings is 2. The first-order chi connectivity index (χ1) is 19.9. The smallest absolute Gasteiger partial charge is 0.338 e. The molecule has 4 rings (SSSR count). The van der Waals surface area contributed by atoms with Gasteiger partial charge in [0, 0.05) is 19.6 Å². The van der Waals surface area contributed by atoms with Crippen molar-refractivity contribution in [2.45, 2.75) is 12.6 Å². The summed E-state index contributed by atoms with van der Waals surface area (Å²) in [6, 6.07) is 4.52. The lowest BCUT2D eigenvalue weighted by molar-refractivity contribution is -0.00926. The van der Waals surface area contributed by atoms with Gasteiger partial charge in [0.25, 0.3) is 5.56 Å². The van der Waals surface area contributed by atoms with Crippen molar-refractivity contribution < 1.29 is 42.7 Å². The quantitative estimate of drug-likeness (QED) is 0.288. The SMILES string of the molecule is COc1cc(C(=O)O[C@H](CN2CCOCC2)Cn2nnc3c(OC)c(OC)c(OC)cc3c2=O)cc(OC)c1OC. The van der Waals surface area contributed by atoms with E-state index in [1.165, 1.54) is 60.9 Å². The Balaban J connectivity index is 1.69. The maximum atomic E-state index is 13.6. The van der Waals surface area contributed by atoms with Gasteiger partial charge in [0.05, 0.1) is 73.4 Å². The normalized spacial score (nSPS) is 14.3. The number of carbonyl (C=O) groups excluding carboxylic acids is 1. The summed E-state index contributed by atoms with van der Waals surface area (Å²) in [5.41, 5.74) is -0.0689. The first-order valence-corrected chi connectivity index (χ1v) is 12.8. The minimum Gasteiger partial charge on any atom is -0.493 e. The van der Waals surface area contributed by atoms with Crippen molar-refractivity contribution in [2.75, 3.05) is 75.5 Å². The van der Waals surface area contributed by atoms with Gasteiger partial charge in [0.15, 0.2) is 23.0 Å². The molecule has 0 N–H and O–H groups in total. The maximum absolute atomic E-state index is 13.6. The second-order valence-corrected chi connectivity index (χ2v) is 8.97. The summed E-state index contributed by atoms with van der Waals surface area (Å²) >= 11 is 0. The van der Waals surface area contributed by atoms with Crippen LogP contribution in [0.2, 0.25) is 0 Å². The number of rotatable bonds is 12. The predicted molar refractivity (Wildman–Crippen MR) is 146 cm³/mol. The van der Waals surface area contributed by atoms with E-state index in [0.29, 0.717) is 61.6 Å². The van der Waals surface area contributed by atoms with Gasteiger partial charge in [-0.05, 0) is 18.2 Å². The molecule has 0 amide bonds. The highest BCUT2D eigenvalue weighted by Gasteiger charge is 2.26. The van der Waals surface area contributed by atoms with E-state index in [2.05, 4.69) is 15.2 Å². The van der Waals surface area contributed by atoms with Crippen LogP contribution in [-0.2, 0) is 16.0 Å². The Morgan fingerprint density at radius 3 is 1.98 bits per heavy atom. The molecule has 3 aromatic rings. The Morgan fingerprint density at radius 1 is 0.829 bits per heavy atom. The molecule has 2 heterocycles. The van der Waals surface area contributed by atoms with Gasteiger partial charge in [-0.25, -0.2) is 9.48 Å². The lowest BCUT2D eigenvalue weighted by atomic mass is 10.1. The number of nitrogens with zero attached hydrogens (tertiary/aromatic N) is 4. The minimum atomic E-state index is -0.772. The molecule has 0 unspecified atom stereocenters. The second kappa shape index (κ2) is 13.4. The van der Waals surface area contributed by atoms with Crippen LogP contribution in [-0.4, -0.2) is 107 Å².